The summed E-state index contributed by atoms with van der Waals surface area (Å²) in [5.74, 6) is 0.810. The number of para-hydroxylation sites is 2. The number of nitrogens with zero attached hydrogens (tertiary/aromatic N) is 1. The van der Waals surface area contributed by atoms with Gasteiger partial charge in [-0.05, 0) is 29.8 Å². The minimum absolute atomic E-state index is 0.352. The highest BCUT2D eigenvalue weighted by molar-refractivity contribution is 5.97. The molecule has 0 spiro atoms. The molecule has 0 aliphatic carbocycles. The van der Waals surface area contributed by atoms with Crippen LogP contribution >= 0.6 is 0 Å². The van der Waals surface area contributed by atoms with Gasteiger partial charge in [-0.2, -0.15) is 5.10 Å². The van der Waals surface area contributed by atoms with Crippen LogP contribution in [-0.2, 0) is 6.61 Å². The van der Waals surface area contributed by atoms with Crippen LogP contribution in [0.1, 0.15) is 21.5 Å². The first kappa shape index (κ1) is 19.9. The Morgan fingerprint density at radius 3 is 2.38 bits per heavy atom. The third-order valence-electron chi connectivity index (χ3n) is 4.01. The molecule has 5 nitrogen and oxygen atoms in total. The van der Waals surface area contributed by atoms with Gasteiger partial charge in [-0.25, -0.2) is 5.43 Å². The van der Waals surface area contributed by atoms with E-state index in [1.54, 1.807) is 30.5 Å². The molecule has 5 heteroatoms. The van der Waals surface area contributed by atoms with Gasteiger partial charge in [0.1, 0.15) is 24.7 Å². The second-order valence-corrected chi connectivity index (χ2v) is 6.11. The van der Waals surface area contributed by atoms with Crippen molar-refractivity contribution in [3.05, 3.63) is 108 Å². The molecule has 1 N–H and O–H groups in total. The SMILES string of the molecule is C=CCOc1ccccc1/C=N/NC(=O)c1ccccc1OCc1ccccc1. The molecule has 3 aromatic carbocycles. The maximum atomic E-state index is 12.6. The van der Waals surface area contributed by atoms with E-state index >= 15 is 0 Å². The van der Waals surface area contributed by atoms with E-state index in [9.17, 15) is 4.79 Å². The van der Waals surface area contributed by atoms with Crippen LogP contribution in [-0.4, -0.2) is 18.7 Å². The lowest BCUT2D eigenvalue weighted by molar-refractivity contribution is 0.0950. The minimum Gasteiger partial charge on any atom is -0.489 e. The molecule has 29 heavy (non-hydrogen) atoms. The summed E-state index contributed by atoms with van der Waals surface area (Å²) in [6.07, 6.45) is 3.21. The van der Waals surface area contributed by atoms with E-state index < -0.39 is 0 Å². The Kier molecular flexibility index (Phi) is 7.18. The minimum atomic E-state index is -0.352. The first-order chi connectivity index (χ1) is 14.3. The van der Waals surface area contributed by atoms with Crippen molar-refractivity contribution in [2.45, 2.75) is 6.61 Å². The second kappa shape index (κ2) is 10.5. The first-order valence-corrected chi connectivity index (χ1v) is 9.20. The van der Waals surface area contributed by atoms with Gasteiger partial charge in [-0.15, -0.1) is 0 Å². The van der Waals surface area contributed by atoms with Crippen LogP contribution in [0.15, 0.2) is 96.6 Å². The molecule has 0 aliphatic rings. The molecule has 0 saturated heterocycles. The molecule has 0 atom stereocenters. The maximum Gasteiger partial charge on any atom is 0.275 e. The molecule has 0 radical (unpaired) electrons. The zero-order valence-electron chi connectivity index (χ0n) is 16.0. The van der Waals surface area contributed by atoms with Crippen molar-refractivity contribution in [2.24, 2.45) is 5.10 Å². The van der Waals surface area contributed by atoms with Crippen LogP contribution < -0.4 is 14.9 Å². The summed E-state index contributed by atoms with van der Waals surface area (Å²) in [6.45, 7) is 4.41. The zero-order valence-corrected chi connectivity index (χ0v) is 16.0. The van der Waals surface area contributed by atoms with E-state index in [4.69, 9.17) is 9.47 Å². The molecular formula is C24H22N2O3. The van der Waals surface area contributed by atoms with E-state index in [2.05, 4.69) is 17.1 Å². The number of hydrogen-bond donors (Lipinski definition) is 1. The van der Waals surface area contributed by atoms with Gasteiger partial charge in [0, 0.05) is 5.56 Å². The fourth-order valence-electron chi connectivity index (χ4n) is 2.60. The fourth-order valence-corrected chi connectivity index (χ4v) is 2.60. The smallest absolute Gasteiger partial charge is 0.275 e. The van der Waals surface area contributed by atoms with Crippen molar-refractivity contribution >= 4 is 12.1 Å². The maximum absolute atomic E-state index is 12.6. The Hall–Kier alpha value is -3.86. The van der Waals surface area contributed by atoms with Crippen LogP contribution in [0.4, 0.5) is 0 Å². The highest BCUT2D eigenvalue weighted by atomic mass is 16.5. The molecule has 0 heterocycles. The molecular weight excluding hydrogens is 364 g/mol. The highest BCUT2D eigenvalue weighted by Crippen LogP contribution is 2.19. The van der Waals surface area contributed by atoms with Gasteiger partial charge in [0.05, 0.1) is 11.8 Å². The number of nitrogens with one attached hydrogen (secondary N) is 1. The largest absolute Gasteiger partial charge is 0.489 e. The van der Waals surface area contributed by atoms with Gasteiger partial charge >= 0.3 is 0 Å². The monoisotopic (exact) mass is 386 g/mol. The van der Waals surface area contributed by atoms with Gasteiger partial charge in [-0.1, -0.05) is 67.3 Å². The Bertz CT molecular complexity index is 984. The number of ether oxygens (including phenoxy) is 2. The van der Waals surface area contributed by atoms with Gasteiger partial charge in [-0.3, -0.25) is 4.79 Å². The molecule has 0 bridgehead atoms. The van der Waals surface area contributed by atoms with E-state index in [-0.39, 0.29) is 5.91 Å². The van der Waals surface area contributed by atoms with E-state index in [0.717, 1.165) is 11.1 Å². The average molecular weight is 386 g/mol. The van der Waals surface area contributed by atoms with Crippen molar-refractivity contribution in [3.63, 3.8) is 0 Å². The predicted octanol–water partition coefficient (Wildman–Crippen LogP) is 4.59. The van der Waals surface area contributed by atoms with Crippen molar-refractivity contribution in [2.75, 3.05) is 6.61 Å². The van der Waals surface area contributed by atoms with E-state index in [0.29, 0.717) is 30.3 Å². The molecule has 0 saturated carbocycles. The number of hydrazone groups is 1. The number of carbonyl (C=O) groups excluding carboxylic acids is 1. The lowest BCUT2D eigenvalue weighted by Crippen LogP contribution is -2.18. The van der Waals surface area contributed by atoms with Crippen molar-refractivity contribution in [1.82, 2.24) is 5.43 Å². The number of hydrogen-bond acceptors (Lipinski definition) is 4. The fraction of sp³-hybridized carbons (Fsp3) is 0.0833. The van der Waals surface area contributed by atoms with Crippen LogP contribution in [0.2, 0.25) is 0 Å². The predicted molar refractivity (Wildman–Crippen MR) is 114 cm³/mol. The summed E-state index contributed by atoms with van der Waals surface area (Å²) in [5, 5.41) is 4.06. The lowest BCUT2D eigenvalue weighted by Gasteiger charge is -2.10. The summed E-state index contributed by atoms with van der Waals surface area (Å²) in [4.78, 5) is 12.6. The molecule has 3 rings (SSSR count). The molecule has 146 valence electrons. The third-order valence-corrected chi connectivity index (χ3v) is 4.01. The standard InChI is InChI=1S/C24H22N2O3/c1-2-16-28-22-14-8-6-12-20(22)17-25-26-24(27)21-13-7-9-15-23(21)29-18-19-10-4-3-5-11-19/h2-15,17H,1,16,18H2,(H,26,27)/b25-17+. The van der Waals surface area contributed by atoms with Crippen molar-refractivity contribution in [1.29, 1.82) is 0 Å². The normalized spacial score (nSPS) is 10.5. The number of rotatable bonds is 9. The Labute approximate surface area is 170 Å². The molecule has 1 amide bonds. The summed E-state index contributed by atoms with van der Waals surface area (Å²) < 4.78 is 11.4. The average Bonchev–Trinajstić information content (AvgIpc) is 2.78. The summed E-state index contributed by atoms with van der Waals surface area (Å²) in [7, 11) is 0. The lowest BCUT2D eigenvalue weighted by atomic mass is 10.2. The summed E-state index contributed by atoms with van der Waals surface area (Å²) >= 11 is 0. The van der Waals surface area contributed by atoms with Gasteiger partial charge in [0.15, 0.2) is 0 Å². The van der Waals surface area contributed by atoms with Crippen LogP contribution in [0.3, 0.4) is 0 Å². The van der Waals surface area contributed by atoms with Crippen molar-refractivity contribution < 1.29 is 14.3 Å². The number of amides is 1. The van der Waals surface area contributed by atoms with E-state index in [1.807, 2.05) is 60.7 Å². The first-order valence-electron chi connectivity index (χ1n) is 9.20. The third kappa shape index (κ3) is 5.81. The molecule has 3 aromatic rings. The number of carbonyl (C=O) groups is 1. The highest BCUT2D eigenvalue weighted by Gasteiger charge is 2.11. The number of benzene rings is 3. The molecule has 0 fully saturated rings. The summed E-state index contributed by atoms with van der Waals surface area (Å²) in [6, 6.07) is 24.3. The molecule has 0 unspecified atom stereocenters. The Balaban J connectivity index is 1.65. The van der Waals surface area contributed by atoms with Crippen LogP contribution in [0, 0.1) is 0 Å². The molecule has 0 aromatic heterocycles. The zero-order chi connectivity index (χ0) is 20.3. The Morgan fingerprint density at radius 2 is 1.59 bits per heavy atom. The quantitative estimate of drug-likeness (QED) is 0.332. The van der Waals surface area contributed by atoms with Crippen LogP contribution in [0.5, 0.6) is 11.5 Å². The van der Waals surface area contributed by atoms with E-state index in [1.165, 1.54) is 0 Å². The van der Waals surface area contributed by atoms with Gasteiger partial charge < -0.3 is 9.47 Å². The van der Waals surface area contributed by atoms with Gasteiger partial charge in [0.2, 0.25) is 0 Å². The topological polar surface area (TPSA) is 59.9 Å². The van der Waals surface area contributed by atoms with Crippen molar-refractivity contribution in [3.8, 4) is 11.5 Å². The Morgan fingerprint density at radius 1 is 0.897 bits per heavy atom. The van der Waals surface area contributed by atoms with Crippen LogP contribution in [0.25, 0.3) is 0 Å². The summed E-state index contributed by atoms with van der Waals surface area (Å²) in [5.41, 5.74) is 4.74. The molecule has 0 aliphatic heterocycles. The van der Waals surface area contributed by atoms with Gasteiger partial charge in [0.25, 0.3) is 5.91 Å². The second-order valence-electron chi connectivity index (χ2n) is 6.11.